The minimum Gasteiger partial charge on any atom is -0.335 e. The van der Waals surface area contributed by atoms with Gasteiger partial charge in [-0.3, -0.25) is 9.69 Å². The van der Waals surface area contributed by atoms with Crippen molar-refractivity contribution >= 4 is 24.0 Å². The van der Waals surface area contributed by atoms with Crippen LogP contribution in [0.2, 0.25) is 25.7 Å². The van der Waals surface area contributed by atoms with E-state index in [1.165, 1.54) is 4.31 Å². The Morgan fingerprint density at radius 1 is 1.03 bits per heavy atom. The highest BCUT2D eigenvalue weighted by atomic mass is 32.2. The van der Waals surface area contributed by atoms with Crippen molar-refractivity contribution in [3.05, 3.63) is 23.1 Å². The number of rotatable bonds is 22. The van der Waals surface area contributed by atoms with Crippen LogP contribution >= 0.6 is 0 Å². The first-order valence-electron chi connectivity index (χ1n) is 13.1. The van der Waals surface area contributed by atoms with Gasteiger partial charge in [0, 0.05) is 58.8 Å². The van der Waals surface area contributed by atoms with E-state index >= 15 is 0 Å². The lowest BCUT2D eigenvalue weighted by Gasteiger charge is -2.27. The largest absolute Gasteiger partial charge is 0.471 e. The van der Waals surface area contributed by atoms with Gasteiger partial charge in [-0.25, -0.2) is 12.7 Å². The second-order valence-electron chi connectivity index (χ2n) is 10.4. The molecule has 38 heavy (non-hydrogen) atoms. The van der Waals surface area contributed by atoms with Crippen molar-refractivity contribution in [2.45, 2.75) is 64.0 Å². The topological polar surface area (TPSA) is 136 Å². The summed E-state index contributed by atoms with van der Waals surface area (Å²) in [6.07, 6.45) is -0.868. The van der Waals surface area contributed by atoms with Gasteiger partial charge in [-0.05, 0) is 56.8 Å². The van der Waals surface area contributed by atoms with Gasteiger partial charge in [0.15, 0.2) is 0 Å². The third-order valence-electron chi connectivity index (χ3n) is 5.82. The van der Waals surface area contributed by atoms with E-state index in [2.05, 4.69) is 36.2 Å². The van der Waals surface area contributed by atoms with Crippen LogP contribution in [0.25, 0.3) is 10.4 Å². The predicted molar refractivity (Wildman–Crippen MR) is 149 cm³/mol. The summed E-state index contributed by atoms with van der Waals surface area (Å²) in [4.78, 5) is 17.1. The molecular formula is C23H46F3N7O3SSi. The predicted octanol–water partition coefficient (Wildman–Crippen LogP) is 4.05. The Morgan fingerprint density at radius 2 is 1.61 bits per heavy atom. The van der Waals surface area contributed by atoms with Crippen LogP contribution in [0.1, 0.15) is 32.1 Å². The third-order valence-corrected chi connectivity index (χ3v) is 9.80. The Morgan fingerprint density at radius 3 is 2.16 bits per heavy atom. The number of hydrogen-bond acceptors (Lipinski definition) is 6. The standard InChI is InChI=1S/C23H46F3N7O3SSi/c1-5-13-31(15-10-17-32(16-9-12-29-30-28)22(34)23(24,25)26)14-6-7-18-33(19-8-11-27)37(35,36)20-21-38(2,3)4/h5H,1,6-21,27H2,2-4H3. The summed E-state index contributed by atoms with van der Waals surface area (Å²) in [7, 11) is -4.88. The molecule has 0 saturated heterocycles. The lowest BCUT2D eigenvalue weighted by atomic mass is 10.2. The van der Waals surface area contributed by atoms with E-state index in [1.807, 2.05) is 4.90 Å². The number of nitrogens with zero attached hydrogens (tertiary/aromatic N) is 6. The Bertz CT molecular complexity index is 848. The van der Waals surface area contributed by atoms with Crippen LogP contribution in [0.15, 0.2) is 17.8 Å². The SMILES string of the molecule is C=CCN(CCCCN(CCCN)S(=O)(=O)CC[Si](C)(C)C)CCCN(CCCN=[N+]=[N-])C(=O)C(F)(F)F. The molecule has 0 unspecified atom stereocenters. The van der Waals surface area contributed by atoms with Crippen molar-refractivity contribution < 1.29 is 26.4 Å². The average molecular weight is 586 g/mol. The molecule has 0 aromatic rings. The quantitative estimate of drug-likeness (QED) is 0.0511. The molecule has 0 heterocycles. The fourth-order valence-corrected chi connectivity index (χ4v) is 8.23. The zero-order chi connectivity index (χ0) is 29.2. The van der Waals surface area contributed by atoms with Gasteiger partial charge in [0.1, 0.15) is 0 Å². The van der Waals surface area contributed by atoms with Gasteiger partial charge in [0.05, 0.1) is 5.75 Å². The number of sulfonamides is 1. The van der Waals surface area contributed by atoms with Crippen LogP contribution in [0.5, 0.6) is 0 Å². The van der Waals surface area contributed by atoms with Crippen LogP contribution in [-0.4, -0.2) is 107 Å². The first-order valence-corrected chi connectivity index (χ1v) is 18.4. The molecule has 0 aliphatic rings. The highest BCUT2D eigenvalue weighted by Gasteiger charge is 2.42. The van der Waals surface area contributed by atoms with Crippen LogP contribution in [0, 0.1) is 0 Å². The van der Waals surface area contributed by atoms with E-state index < -0.39 is 30.2 Å². The second-order valence-corrected chi connectivity index (χ2v) is 18.1. The molecule has 0 aromatic heterocycles. The molecule has 2 N–H and O–H groups in total. The summed E-state index contributed by atoms with van der Waals surface area (Å²) in [5.41, 5.74) is 13.9. The summed E-state index contributed by atoms with van der Waals surface area (Å²) in [5, 5.41) is 3.30. The van der Waals surface area contributed by atoms with Gasteiger partial charge in [-0.1, -0.05) is 30.8 Å². The van der Waals surface area contributed by atoms with E-state index in [4.69, 9.17) is 11.3 Å². The molecule has 15 heteroatoms. The summed E-state index contributed by atoms with van der Waals surface area (Å²) in [6.45, 7) is 12.7. The number of unbranched alkanes of at least 4 members (excludes halogenated alkanes) is 1. The maximum absolute atomic E-state index is 13.0. The second kappa shape index (κ2) is 18.6. The van der Waals surface area contributed by atoms with Crippen LogP contribution in [-0.2, 0) is 14.8 Å². The molecule has 0 radical (unpaired) electrons. The van der Waals surface area contributed by atoms with E-state index in [1.54, 1.807) is 6.08 Å². The summed E-state index contributed by atoms with van der Waals surface area (Å²) < 4.78 is 66.3. The smallest absolute Gasteiger partial charge is 0.335 e. The van der Waals surface area contributed by atoms with Crippen LogP contribution < -0.4 is 5.73 Å². The Balaban J connectivity index is 4.89. The van der Waals surface area contributed by atoms with Gasteiger partial charge in [-0.2, -0.15) is 13.2 Å². The van der Waals surface area contributed by atoms with E-state index in [-0.39, 0.29) is 31.8 Å². The molecule has 222 valence electrons. The lowest BCUT2D eigenvalue weighted by Crippen LogP contribution is -2.43. The maximum Gasteiger partial charge on any atom is 0.471 e. The van der Waals surface area contributed by atoms with Gasteiger partial charge in [-0.15, -0.1) is 6.58 Å². The molecule has 0 aromatic carbocycles. The highest BCUT2D eigenvalue weighted by Crippen LogP contribution is 2.19. The number of halogens is 3. The Labute approximate surface area is 227 Å². The number of nitrogens with two attached hydrogens (primary N) is 1. The molecule has 0 bridgehead atoms. The monoisotopic (exact) mass is 585 g/mol. The first kappa shape index (κ1) is 36.4. The van der Waals surface area contributed by atoms with Crippen molar-refractivity contribution in [3.8, 4) is 0 Å². The minimum absolute atomic E-state index is 0.0108. The number of carbonyl (C=O) groups is 1. The highest BCUT2D eigenvalue weighted by molar-refractivity contribution is 7.89. The van der Waals surface area contributed by atoms with E-state index in [9.17, 15) is 26.4 Å². The van der Waals surface area contributed by atoms with Crippen molar-refractivity contribution in [2.75, 3.05) is 64.7 Å². The zero-order valence-corrected chi connectivity index (χ0v) is 24.9. The summed E-state index contributed by atoms with van der Waals surface area (Å²) >= 11 is 0. The molecule has 0 saturated carbocycles. The van der Waals surface area contributed by atoms with E-state index in [0.717, 1.165) is 4.90 Å². The van der Waals surface area contributed by atoms with Gasteiger partial charge < -0.3 is 10.6 Å². The number of amides is 1. The number of alkyl halides is 3. The molecule has 0 aliphatic heterocycles. The Hall–Kier alpha value is -1.64. The molecule has 0 aliphatic carbocycles. The minimum atomic E-state index is -4.97. The molecule has 0 atom stereocenters. The van der Waals surface area contributed by atoms with Crippen LogP contribution in [0.4, 0.5) is 13.2 Å². The van der Waals surface area contributed by atoms with Crippen molar-refractivity contribution in [1.82, 2.24) is 14.1 Å². The van der Waals surface area contributed by atoms with Crippen molar-refractivity contribution in [3.63, 3.8) is 0 Å². The molecule has 0 spiro atoms. The summed E-state index contributed by atoms with van der Waals surface area (Å²) in [6, 6.07) is 0.695. The zero-order valence-electron chi connectivity index (χ0n) is 23.1. The molecule has 0 rings (SSSR count). The number of carbonyl (C=O) groups excluding carboxylic acids is 1. The molecule has 0 fully saturated rings. The lowest BCUT2D eigenvalue weighted by molar-refractivity contribution is -0.185. The van der Waals surface area contributed by atoms with Gasteiger partial charge in [0.25, 0.3) is 0 Å². The molecule has 1 amide bonds. The molecule has 10 nitrogen and oxygen atoms in total. The number of hydrogen-bond donors (Lipinski definition) is 1. The Kier molecular flexibility index (Phi) is 17.8. The normalized spacial score (nSPS) is 12.6. The first-order chi connectivity index (χ1) is 17.7. The van der Waals surface area contributed by atoms with E-state index in [0.29, 0.717) is 71.0 Å². The fraction of sp³-hybridized carbons (Fsp3) is 0.870. The van der Waals surface area contributed by atoms with Crippen LogP contribution in [0.3, 0.4) is 0 Å². The maximum atomic E-state index is 13.0. The fourth-order valence-electron chi connectivity index (χ4n) is 3.68. The van der Waals surface area contributed by atoms with Crippen molar-refractivity contribution in [2.24, 2.45) is 10.8 Å². The number of azide groups is 1. The summed E-state index contributed by atoms with van der Waals surface area (Å²) in [5.74, 6) is -1.76. The van der Waals surface area contributed by atoms with Gasteiger partial charge >= 0.3 is 12.1 Å². The van der Waals surface area contributed by atoms with Gasteiger partial charge in [0.2, 0.25) is 10.0 Å². The van der Waals surface area contributed by atoms with Crippen molar-refractivity contribution in [1.29, 1.82) is 0 Å². The third kappa shape index (κ3) is 17.0. The molecular weight excluding hydrogens is 539 g/mol. The average Bonchev–Trinajstić information content (AvgIpc) is 2.82.